The molecular weight excluding hydrogens is 238 g/mol. The Labute approximate surface area is 112 Å². The summed E-state index contributed by atoms with van der Waals surface area (Å²) in [6.45, 7) is 12.4. The van der Waals surface area contributed by atoms with E-state index in [0.717, 1.165) is 6.61 Å². The van der Waals surface area contributed by atoms with E-state index in [4.69, 9.17) is 4.43 Å². The van der Waals surface area contributed by atoms with Crippen LogP contribution in [0.15, 0.2) is 24.4 Å². The first-order chi connectivity index (χ1) is 8.31. The average molecular weight is 263 g/mol. The lowest BCUT2D eigenvalue weighted by atomic mass is 10.2. The Morgan fingerprint density at radius 3 is 2.61 bits per heavy atom. The highest BCUT2D eigenvalue weighted by Crippen LogP contribution is 2.48. The van der Waals surface area contributed by atoms with Gasteiger partial charge in [0.15, 0.2) is 8.32 Å². The van der Waals surface area contributed by atoms with E-state index in [1.807, 2.05) is 12.3 Å². The van der Waals surface area contributed by atoms with Crippen LogP contribution < -0.4 is 0 Å². The molecule has 0 aromatic carbocycles. The van der Waals surface area contributed by atoms with E-state index in [1.54, 1.807) is 0 Å². The zero-order valence-corrected chi connectivity index (χ0v) is 13.2. The molecular formula is C15H25NOSi. The van der Waals surface area contributed by atoms with Gasteiger partial charge in [-0.05, 0) is 42.6 Å². The highest BCUT2D eigenvalue weighted by atomic mass is 28.4. The molecule has 1 saturated carbocycles. The van der Waals surface area contributed by atoms with Crippen LogP contribution in [0.2, 0.25) is 18.1 Å². The molecule has 1 heterocycles. The third-order valence-corrected chi connectivity index (χ3v) is 8.96. The topological polar surface area (TPSA) is 22.1 Å². The van der Waals surface area contributed by atoms with Crippen LogP contribution in [0.5, 0.6) is 0 Å². The smallest absolute Gasteiger partial charge is 0.191 e. The SMILES string of the molecule is CC(C)(C)[Si](C)(C)OC[C@H]1C[C@H]1c1ccccn1. The first kappa shape index (κ1) is 13.8. The maximum atomic E-state index is 6.28. The Kier molecular flexibility index (Phi) is 3.65. The molecule has 0 N–H and O–H groups in total. The average Bonchev–Trinajstić information content (AvgIpc) is 3.06. The largest absolute Gasteiger partial charge is 0.417 e. The van der Waals surface area contributed by atoms with Gasteiger partial charge in [0, 0.05) is 24.4 Å². The molecule has 18 heavy (non-hydrogen) atoms. The van der Waals surface area contributed by atoms with Crippen molar-refractivity contribution in [2.24, 2.45) is 5.92 Å². The van der Waals surface area contributed by atoms with Crippen molar-refractivity contribution < 1.29 is 4.43 Å². The highest BCUT2D eigenvalue weighted by Gasteiger charge is 2.43. The molecule has 0 spiro atoms. The fourth-order valence-corrected chi connectivity index (χ4v) is 2.98. The van der Waals surface area contributed by atoms with Gasteiger partial charge in [-0.2, -0.15) is 0 Å². The maximum Gasteiger partial charge on any atom is 0.191 e. The summed E-state index contributed by atoms with van der Waals surface area (Å²) in [4.78, 5) is 4.44. The molecule has 0 amide bonds. The zero-order valence-electron chi connectivity index (χ0n) is 12.2. The normalized spacial score (nSPS) is 24.1. The van der Waals surface area contributed by atoms with Crippen LogP contribution in [-0.2, 0) is 4.43 Å². The van der Waals surface area contributed by atoms with Crippen LogP contribution in [0.25, 0.3) is 0 Å². The van der Waals surface area contributed by atoms with Gasteiger partial charge in [-0.25, -0.2) is 0 Å². The van der Waals surface area contributed by atoms with Crippen molar-refractivity contribution in [1.82, 2.24) is 4.98 Å². The molecule has 0 aliphatic heterocycles. The summed E-state index contributed by atoms with van der Waals surface area (Å²) >= 11 is 0. The summed E-state index contributed by atoms with van der Waals surface area (Å²) in [6, 6.07) is 6.19. The second-order valence-electron chi connectivity index (χ2n) is 6.93. The van der Waals surface area contributed by atoms with E-state index in [0.29, 0.717) is 16.9 Å². The standard InChI is InChI=1S/C15H25NOSi/c1-15(2,3)18(4,5)17-11-12-10-13(12)14-8-6-7-9-16-14/h6-9,12-13H,10-11H2,1-5H3/t12-,13-/m1/s1. The van der Waals surface area contributed by atoms with Gasteiger partial charge in [-0.15, -0.1) is 0 Å². The minimum atomic E-state index is -1.58. The first-order valence-corrected chi connectivity index (χ1v) is 9.77. The molecule has 1 aromatic rings. The summed E-state index contributed by atoms with van der Waals surface area (Å²) < 4.78 is 6.28. The van der Waals surface area contributed by atoms with Gasteiger partial charge in [0.2, 0.25) is 0 Å². The number of pyridine rings is 1. The highest BCUT2D eigenvalue weighted by molar-refractivity contribution is 6.74. The van der Waals surface area contributed by atoms with Gasteiger partial charge in [-0.1, -0.05) is 26.8 Å². The molecule has 1 fully saturated rings. The van der Waals surface area contributed by atoms with Crippen molar-refractivity contribution >= 4 is 8.32 Å². The molecule has 1 aromatic heterocycles. The number of rotatable bonds is 4. The van der Waals surface area contributed by atoms with Crippen LogP contribution in [0, 0.1) is 5.92 Å². The quantitative estimate of drug-likeness (QED) is 0.759. The molecule has 2 rings (SSSR count). The van der Waals surface area contributed by atoms with Crippen LogP contribution in [-0.4, -0.2) is 19.9 Å². The molecule has 1 aliphatic rings. The Hall–Kier alpha value is -0.673. The number of hydrogen-bond acceptors (Lipinski definition) is 2. The molecule has 100 valence electrons. The van der Waals surface area contributed by atoms with Gasteiger partial charge in [-0.3, -0.25) is 4.98 Å². The molecule has 2 atom stereocenters. The van der Waals surface area contributed by atoms with Crippen molar-refractivity contribution in [2.45, 2.75) is 51.2 Å². The van der Waals surface area contributed by atoms with E-state index < -0.39 is 8.32 Å². The van der Waals surface area contributed by atoms with E-state index in [-0.39, 0.29) is 0 Å². The summed E-state index contributed by atoms with van der Waals surface area (Å²) in [7, 11) is -1.58. The van der Waals surface area contributed by atoms with Crippen molar-refractivity contribution in [1.29, 1.82) is 0 Å². The van der Waals surface area contributed by atoms with Crippen molar-refractivity contribution in [2.75, 3.05) is 6.61 Å². The zero-order chi connectivity index (χ0) is 13.4. The van der Waals surface area contributed by atoms with Gasteiger partial charge in [0.1, 0.15) is 0 Å². The van der Waals surface area contributed by atoms with E-state index in [1.165, 1.54) is 12.1 Å². The summed E-state index contributed by atoms with van der Waals surface area (Å²) in [5, 5.41) is 0.308. The first-order valence-electron chi connectivity index (χ1n) is 6.86. The summed E-state index contributed by atoms with van der Waals surface area (Å²) in [6.07, 6.45) is 3.13. The third kappa shape index (κ3) is 3.01. The van der Waals surface area contributed by atoms with E-state index >= 15 is 0 Å². The fraction of sp³-hybridized carbons (Fsp3) is 0.667. The monoisotopic (exact) mass is 263 g/mol. The Bertz CT molecular complexity index is 397. The van der Waals surface area contributed by atoms with E-state index in [9.17, 15) is 0 Å². The van der Waals surface area contributed by atoms with Crippen molar-refractivity contribution in [3.05, 3.63) is 30.1 Å². The second kappa shape index (κ2) is 4.78. The van der Waals surface area contributed by atoms with E-state index in [2.05, 4.69) is 51.0 Å². The molecule has 0 radical (unpaired) electrons. The number of aromatic nitrogens is 1. The van der Waals surface area contributed by atoms with Crippen molar-refractivity contribution in [3.8, 4) is 0 Å². The second-order valence-corrected chi connectivity index (χ2v) is 11.7. The van der Waals surface area contributed by atoms with Crippen molar-refractivity contribution in [3.63, 3.8) is 0 Å². The lowest BCUT2D eigenvalue weighted by Crippen LogP contribution is -2.41. The number of hydrogen-bond donors (Lipinski definition) is 0. The predicted molar refractivity (Wildman–Crippen MR) is 78.2 cm³/mol. The fourth-order valence-electron chi connectivity index (χ4n) is 1.92. The van der Waals surface area contributed by atoms with Crippen LogP contribution >= 0.6 is 0 Å². The Morgan fingerprint density at radius 2 is 2.06 bits per heavy atom. The molecule has 0 bridgehead atoms. The van der Waals surface area contributed by atoms with Gasteiger partial charge in [0.05, 0.1) is 0 Å². The lowest BCUT2D eigenvalue weighted by Gasteiger charge is -2.36. The molecule has 2 nitrogen and oxygen atoms in total. The van der Waals surface area contributed by atoms with Gasteiger partial charge < -0.3 is 4.43 Å². The molecule has 0 saturated heterocycles. The lowest BCUT2D eigenvalue weighted by molar-refractivity contribution is 0.269. The summed E-state index contributed by atoms with van der Waals surface area (Å²) in [5.41, 5.74) is 1.24. The minimum absolute atomic E-state index is 0.308. The molecule has 1 aliphatic carbocycles. The van der Waals surface area contributed by atoms with Gasteiger partial charge >= 0.3 is 0 Å². The Balaban J connectivity index is 1.85. The minimum Gasteiger partial charge on any atom is -0.417 e. The predicted octanol–water partition coefficient (Wildman–Crippen LogP) is 4.21. The van der Waals surface area contributed by atoms with Crippen LogP contribution in [0.1, 0.15) is 38.8 Å². The van der Waals surface area contributed by atoms with Crippen LogP contribution in [0.3, 0.4) is 0 Å². The molecule has 3 heteroatoms. The number of nitrogens with zero attached hydrogens (tertiary/aromatic N) is 1. The maximum absolute atomic E-state index is 6.28. The van der Waals surface area contributed by atoms with Crippen LogP contribution in [0.4, 0.5) is 0 Å². The molecule has 0 unspecified atom stereocenters. The summed E-state index contributed by atoms with van der Waals surface area (Å²) in [5.74, 6) is 1.32. The third-order valence-electron chi connectivity index (χ3n) is 4.45. The Morgan fingerprint density at radius 1 is 1.33 bits per heavy atom. The van der Waals surface area contributed by atoms with Gasteiger partial charge in [0.25, 0.3) is 0 Å².